The van der Waals surface area contributed by atoms with Crippen molar-refractivity contribution in [2.75, 3.05) is 13.6 Å². The molecule has 1 aliphatic heterocycles. The number of benzene rings is 1. The normalized spacial score (nSPS) is 13.9. The van der Waals surface area contributed by atoms with E-state index in [0.717, 1.165) is 32.5 Å². The Morgan fingerprint density at radius 1 is 1.04 bits per heavy atom. The molecule has 3 nitrogen and oxygen atoms in total. The molecule has 3 heterocycles. The van der Waals surface area contributed by atoms with Crippen LogP contribution in [0.15, 0.2) is 48.7 Å². The average molecular weight is 364 g/mol. The minimum absolute atomic E-state index is 0. The van der Waals surface area contributed by atoms with Crippen LogP contribution in [0.2, 0.25) is 0 Å². The van der Waals surface area contributed by atoms with Crippen molar-refractivity contribution in [3.8, 4) is 0 Å². The van der Waals surface area contributed by atoms with Crippen molar-refractivity contribution in [3.05, 3.63) is 65.6 Å². The number of hydrogen-bond acceptors (Lipinski definition) is 2. The molecule has 4 rings (SSSR count). The summed E-state index contributed by atoms with van der Waals surface area (Å²) in [5.74, 6) is 0. The van der Waals surface area contributed by atoms with Gasteiger partial charge in [0.15, 0.2) is 0 Å². The van der Waals surface area contributed by atoms with Crippen LogP contribution in [0.1, 0.15) is 17.0 Å². The van der Waals surface area contributed by atoms with Crippen LogP contribution in [-0.4, -0.2) is 28.0 Å². The third kappa shape index (κ3) is 3.44. The van der Waals surface area contributed by atoms with Crippen molar-refractivity contribution in [3.63, 3.8) is 0 Å². The number of aryl methyl sites for hydroxylation is 2. The van der Waals surface area contributed by atoms with Crippen molar-refractivity contribution >= 4 is 35.7 Å². The molecule has 1 aromatic carbocycles. The van der Waals surface area contributed by atoms with Crippen molar-refractivity contribution < 1.29 is 0 Å². The molecule has 0 bridgehead atoms. The summed E-state index contributed by atoms with van der Waals surface area (Å²) in [5.41, 5.74) is 5.58. The Morgan fingerprint density at radius 3 is 2.62 bits per heavy atom. The molecule has 0 N–H and O–H groups in total. The molecule has 0 unspecified atom stereocenters. The van der Waals surface area contributed by atoms with E-state index in [2.05, 4.69) is 57.9 Å². The van der Waals surface area contributed by atoms with E-state index in [9.17, 15) is 0 Å². The van der Waals surface area contributed by atoms with Crippen molar-refractivity contribution in [2.45, 2.75) is 25.9 Å². The molecule has 0 spiro atoms. The predicted molar refractivity (Wildman–Crippen MR) is 104 cm³/mol. The van der Waals surface area contributed by atoms with Crippen molar-refractivity contribution in [1.29, 1.82) is 0 Å². The molecule has 0 radical (unpaired) electrons. The molecule has 0 atom stereocenters. The van der Waals surface area contributed by atoms with Gasteiger partial charge in [0.25, 0.3) is 0 Å². The molecule has 0 saturated carbocycles. The molecule has 0 amide bonds. The molecule has 24 heavy (non-hydrogen) atoms. The van der Waals surface area contributed by atoms with Crippen LogP contribution in [0.25, 0.3) is 10.9 Å². The Morgan fingerprint density at radius 2 is 1.83 bits per heavy atom. The zero-order valence-electron chi connectivity index (χ0n) is 13.8. The zero-order chi connectivity index (χ0) is 14.9. The van der Waals surface area contributed by atoms with Crippen LogP contribution in [-0.2, 0) is 25.9 Å². The molecule has 0 aliphatic carbocycles. The van der Waals surface area contributed by atoms with Gasteiger partial charge in [0.05, 0.1) is 0 Å². The number of fused-ring (bicyclic) bond motifs is 3. The van der Waals surface area contributed by atoms with E-state index in [-0.39, 0.29) is 24.8 Å². The molecule has 2 aromatic heterocycles. The summed E-state index contributed by atoms with van der Waals surface area (Å²) in [6.45, 7) is 3.22. The Hall–Kier alpha value is -1.55. The molecule has 5 heteroatoms. The molecule has 3 aromatic rings. The molecular formula is C19H23Cl2N3. The van der Waals surface area contributed by atoms with E-state index in [4.69, 9.17) is 0 Å². The average Bonchev–Trinajstić information content (AvgIpc) is 2.87. The van der Waals surface area contributed by atoms with Gasteiger partial charge in [-0.05, 0) is 30.8 Å². The first kappa shape index (κ1) is 18.8. The van der Waals surface area contributed by atoms with Crippen LogP contribution in [0.5, 0.6) is 0 Å². The van der Waals surface area contributed by atoms with Crippen LogP contribution < -0.4 is 0 Å². The van der Waals surface area contributed by atoms with Gasteiger partial charge in [-0.15, -0.1) is 24.8 Å². The zero-order valence-corrected chi connectivity index (χ0v) is 15.4. The third-order valence-corrected chi connectivity index (χ3v) is 4.67. The second-order valence-electron chi connectivity index (χ2n) is 6.15. The summed E-state index contributed by atoms with van der Waals surface area (Å²) in [7, 11) is 2.21. The monoisotopic (exact) mass is 363 g/mol. The van der Waals surface area contributed by atoms with E-state index < -0.39 is 0 Å². The largest absolute Gasteiger partial charge is 0.344 e. The first-order valence-corrected chi connectivity index (χ1v) is 8.00. The van der Waals surface area contributed by atoms with Crippen LogP contribution in [0, 0.1) is 0 Å². The van der Waals surface area contributed by atoms with Crippen LogP contribution in [0.4, 0.5) is 0 Å². The molecule has 0 saturated heterocycles. The van der Waals surface area contributed by atoms with E-state index in [1.165, 1.54) is 27.9 Å². The smallest absolute Gasteiger partial charge is 0.0486 e. The highest BCUT2D eigenvalue weighted by atomic mass is 35.5. The van der Waals surface area contributed by atoms with E-state index in [0.29, 0.717) is 0 Å². The van der Waals surface area contributed by atoms with Crippen molar-refractivity contribution in [2.24, 2.45) is 0 Å². The molecular weight excluding hydrogens is 341 g/mol. The summed E-state index contributed by atoms with van der Waals surface area (Å²) in [5, 5.41) is 1.42. The van der Waals surface area contributed by atoms with Gasteiger partial charge >= 0.3 is 0 Å². The first-order valence-electron chi connectivity index (χ1n) is 8.00. The number of rotatable bonds is 3. The second-order valence-corrected chi connectivity index (χ2v) is 6.15. The number of para-hydroxylation sites is 1. The van der Waals surface area contributed by atoms with E-state index in [1.54, 1.807) is 0 Å². The summed E-state index contributed by atoms with van der Waals surface area (Å²) < 4.78 is 2.52. The summed E-state index contributed by atoms with van der Waals surface area (Å²) in [6.07, 6.45) is 4.01. The minimum Gasteiger partial charge on any atom is -0.344 e. The number of hydrogen-bond donors (Lipinski definition) is 0. The first-order chi connectivity index (χ1) is 10.8. The fourth-order valence-electron chi connectivity index (χ4n) is 3.56. The Kier molecular flexibility index (Phi) is 6.27. The van der Waals surface area contributed by atoms with Gasteiger partial charge in [-0.3, -0.25) is 4.98 Å². The van der Waals surface area contributed by atoms with Crippen LogP contribution in [0.3, 0.4) is 0 Å². The Labute approximate surface area is 155 Å². The highest BCUT2D eigenvalue weighted by molar-refractivity contribution is 5.86. The maximum Gasteiger partial charge on any atom is 0.0486 e. The SMILES string of the molecule is CN1CCc2c(c3ccccc3n2CCc2ccccn2)C1.Cl.Cl. The van der Waals surface area contributed by atoms with Gasteiger partial charge in [-0.25, -0.2) is 0 Å². The summed E-state index contributed by atoms with van der Waals surface area (Å²) in [6, 6.07) is 15.0. The summed E-state index contributed by atoms with van der Waals surface area (Å²) >= 11 is 0. The standard InChI is InChI=1S/C19H21N3.2ClH/c1-21-12-10-19-17(14-21)16-7-2-3-8-18(16)22(19)13-9-15-6-4-5-11-20-15;;/h2-8,11H,9-10,12-14H2,1H3;2*1H. The van der Waals surface area contributed by atoms with Crippen molar-refractivity contribution in [1.82, 2.24) is 14.5 Å². The van der Waals surface area contributed by atoms with Gasteiger partial charge in [0.2, 0.25) is 0 Å². The lowest BCUT2D eigenvalue weighted by atomic mass is 10.1. The second kappa shape index (κ2) is 8.02. The lowest BCUT2D eigenvalue weighted by molar-refractivity contribution is 0.309. The third-order valence-electron chi connectivity index (χ3n) is 4.67. The highest BCUT2D eigenvalue weighted by Gasteiger charge is 2.21. The molecule has 1 aliphatic rings. The van der Waals surface area contributed by atoms with Gasteiger partial charge < -0.3 is 9.47 Å². The Balaban J connectivity index is 0.00000104. The lowest BCUT2D eigenvalue weighted by Crippen LogP contribution is -2.27. The van der Waals surface area contributed by atoms with Gasteiger partial charge in [-0.2, -0.15) is 0 Å². The highest BCUT2D eigenvalue weighted by Crippen LogP contribution is 2.30. The predicted octanol–water partition coefficient (Wildman–Crippen LogP) is 4.11. The number of likely N-dealkylation sites (N-methyl/N-ethyl adjacent to an activating group) is 1. The number of aromatic nitrogens is 2. The maximum atomic E-state index is 4.46. The minimum atomic E-state index is 0. The topological polar surface area (TPSA) is 21.1 Å². The maximum absolute atomic E-state index is 4.46. The van der Waals surface area contributed by atoms with E-state index in [1.807, 2.05) is 12.3 Å². The Bertz CT molecular complexity index is 799. The van der Waals surface area contributed by atoms with E-state index >= 15 is 0 Å². The van der Waals surface area contributed by atoms with Gasteiger partial charge in [0, 0.05) is 61.0 Å². The molecule has 0 fully saturated rings. The fraction of sp³-hybridized carbons (Fsp3) is 0.316. The number of nitrogens with zero attached hydrogens (tertiary/aromatic N) is 3. The molecule has 128 valence electrons. The van der Waals surface area contributed by atoms with Gasteiger partial charge in [0.1, 0.15) is 0 Å². The fourth-order valence-corrected chi connectivity index (χ4v) is 3.56. The lowest BCUT2D eigenvalue weighted by Gasteiger charge is -2.24. The quantitative estimate of drug-likeness (QED) is 0.697. The van der Waals surface area contributed by atoms with Crippen LogP contribution >= 0.6 is 24.8 Å². The summed E-state index contributed by atoms with van der Waals surface area (Å²) in [4.78, 5) is 6.88. The van der Waals surface area contributed by atoms with Gasteiger partial charge in [-0.1, -0.05) is 24.3 Å². The number of halogens is 2. The number of pyridine rings is 1.